The highest BCUT2D eigenvalue weighted by atomic mass is 35.5. The Morgan fingerprint density at radius 2 is 1.85 bits per heavy atom. The molecule has 0 atom stereocenters. The molecular formula is C14H11ClF3NS. The van der Waals surface area contributed by atoms with Crippen LogP contribution in [-0.4, -0.2) is 0 Å². The normalized spacial score (nSPS) is 11.6. The van der Waals surface area contributed by atoms with Crippen molar-refractivity contribution in [2.45, 2.75) is 16.8 Å². The molecule has 6 heteroatoms. The zero-order chi connectivity index (χ0) is 14.8. The summed E-state index contributed by atoms with van der Waals surface area (Å²) in [6.07, 6.45) is -4.31. The second-order valence-electron chi connectivity index (χ2n) is 4.17. The van der Waals surface area contributed by atoms with Gasteiger partial charge in [0.25, 0.3) is 0 Å². The predicted molar refractivity (Wildman–Crippen MR) is 76.9 cm³/mol. The predicted octanol–water partition coefficient (Wildman–Crippen LogP) is 5.23. The number of hydrogen-bond donors (Lipinski definition) is 1. The molecule has 2 aromatic rings. The zero-order valence-corrected chi connectivity index (χ0v) is 11.8. The number of nitrogen functional groups attached to an aromatic ring is 1. The molecular weight excluding hydrogens is 307 g/mol. The average molecular weight is 318 g/mol. The molecule has 2 rings (SSSR count). The Bertz CT molecular complexity index is 614. The lowest BCUT2D eigenvalue weighted by Crippen LogP contribution is -2.04. The standard InChI is InChI=1S/C14H11ClF3NS/c15-12-7-11(4-5-13(12)19)20-8-9-2-1-3-10(6-9)14(16,17)18/h1-7H,8,19H2. The topological polar surface area (TPSA) is 26.0 Å². The van der Waals surface area contributed by atoms with Crippen LogP contribution < -0.4 is 5.73 Å². The monoisotopic (exact) mass is 317 g/mol. The Morgan fingerprint density at radius 1 is 1.10 bits per heavy atom. The van der Waals surface area contributed by atoms with E-state index in [0.717, 1.165) is 17.0 Å². The van der Waals surface area contributed by atoms with Gasteiger partial charge in [-0.15, -0.1) is 11.8 Å². The highest BCUT2D eigenvalue weighted by molar-refractivity contribution is 7.98. The second kappa shape index (κ2) is 5.97. The van der Waals surface area contributed by atoms with Gasteiger partial charge < -0.3 is 5.73 Å². The minimum absolute atomic E-state index is 0.435. The van der Waals surface area contributed by atoms with Crippen LogP contribution in [-0.2, 0) is 11.9 Å². The quantitative estimate of drug-likeness (QED) is 0.619. The van der Waals surface area contributed by atoms with Crippen LogP contribution in [0, 0.1) is 0 Å². The molecule has 0 bridgehead atoms. The number of hydrogen-bond acceptors (Lipinski definition) is 2. The van der Waals surface area contributed by atoms with Crippen molar-refractivity contribution in [3.05, 3.63) is 58.6 Å². The van der Waals surface area contributed by atoms with Crippen LogP contribution in [0.1, 0.15) is 11.1 Å². The maximum atomic E-state index is 12.6. The number of anilines is 1. The van der Waals surface area contributed by atoms with Gasteiger partial charge in [-0.1, -0.05) is 29.8 Å². The SMILES string of the molecule is Nc1ccc(SCc2cccc(C(F)(F)F)c2)cc1Cl. The van der Waals surface area contributed by atoms with Crippen molar-refractivity contribution in [2.75, 3.05) is 5.73 Å². The van der Waals surface area contributed by atoms with Gasteiger partial charge in [0, 0.05) is 10.6 Å². The summed E-state index contributed by atoms with van der Waals surface area (Å²) >= 11 is 7.30. The van der Waals surface area contributed by atoms with E-state index in [9.17, 15) is 13.2 Å². The average Bonchev–Trinajstić information content (AvgIpc) is 2.39. The molecule has 0 aliphatic rings. The minimum Gasteiger partial charge on any atom is -0.398 e. The number of halogens is 4. The first-order valence-electron chi connectivity index (χ1n) is 5.70. The van der Waals surface area contributed by atoms with E-state index in [4.69, 9.17) is 17.3 Å². The molecule has 0 radical (unpaired) electrons. The second-order valence-corrected chi connectivity index (χ2v) is 5.63. The van der Waals surface area contributed by atoms with Crippen LogP contribution in [0.15, 0.2) is 47.4 Å². The maximum Gasteiger partial charge on any atom is 0.416 e. The molecule has 1 nitrogen and oxygen atoms in total. The smallest absolute Gasteiger partial charge is 0.398 e. The van der Waals surface area contributed by atoms with Gasteiger partial charge >= 0.3 is 6.18 Å². The summed E-state index contributed by atoms with van der Waals surface area (Å²) in [5.41, 5.74) is 6.05. The van der Waals surface area contributed by atoms with Crippen LogP contribution in [0.4, 0.5) is 18.9 Å². The molecule has 20 heavy (non-hydrogen) atoms. The molecule has 0 fully saturated rings. The lowest BCUT2D eigenvalue weighted by atomic mass is 10.1. The van der Waals surface area contributed by atoms with Gasteiger partial charge in [-0.05, 0) is 29.8 Å². The van der Waals surface area contributed by atoms with E-state index in [1.165, 1.54) is 17.8 Å². The third-order valence-electron chi connectivity index (χ3n) is 2.63. The summed E-state index contributed by atoms with van der Waals surface area (Å²) in [5, 5.41) is 0.444. The molecule has 0 aliphatic heterocycles. The fourth-order valence-electron chi connectivity index (χ4n) is 1.60. The first kappa shape index (κ1) is 15.1. The molecule has 0 spiro atoms. The zero-order valence-electron chi connectivity index (χ0n) is 10.2. The third-order valence-corrected chi connectivity index (χ3v) is 4.02. The van der Waals surface area contributed by atoms with Gasteiger partial charge in [-0.2, -0.15) is 13.2 Å². The van der Waals surface area contributed by atoms with Crippen LogP contribution in [0.2, 0.25) is 5.02 Å². The van der Waals surface area contributed by atoms with Crippen molar-refractivity contribution in [3.63, 3.8) is 0 Å². The molecule has 0 unspecified atom stereocenters. The Kier molecular flexibility index (Phi) is 4.50. The summed E-state index contributed by atoms with van der Waals surface area (Å²) in [7, 11) is 0. The lowest BCUT2D eigenvalue weighted by molar-refractivity contribution is -0.137. The van der Waals surface area contributed by atoms with E-state index in [-0.39, 0.29) is 0 Å². The Hall–Kier alpha value is -1.33. The molecule has 0 saturated heterocycles. The summed E-state index contributed by atoms with van der Waals surface area (Å²) in [5.74, 6) is 0.435. The number of nitrogens with two attached hydrogens (primary N) is 1. The highest BCUT2D eigenvalue weighted by Crippen LogP contribution is 2.32. The Morgan fingerprint density at radius 3 is 2.50 bits per heavy atom. The van der Waals surface area contributed by atoms with E-state index in [1.807, 2.05) is 0 Å². The van der Waals surface area contributed by atoms with Crippen molar-refractivity contribution < 1.29 is 13.2 Å². The summed E-state index contributed by atoms with van der Waals surface area (Å²) < 4.78 is 37.8. The first-order chi connectivity index (χ1) is 9.36. The van der Waals surface area contributed by atoms with Gasteiger partial charge in [0.1, 0.15) is 0 Å². The Labute approximate surface area is 123 Å². The van der Waals surface area contributed by atoms with E-state index >= 15 is 0 Å². The molecule has 0 heterocycles. The lowest BCUT2D eigenvalue weighted by Gasteiger charge is -2.09. The number of alkyl halides is 3. The fourth-order valence-corrected chi connectivity index (χ4v) is 2.73. The van der Waals surface area contributed by atoms with Crippen LogP contribution >= 0.6 is 23.4 Å². The first-order valence-corrected chi connectivity index (χ1v) is 7.06. The van der Waals surface area contributed by atoms with Crippen LogP contribution in [0.25, 0.3) is 0 Å². The van der Waals surface area contributed by atoms with E-state index in [2.05, 4.69) is 0 Å². The Balaban J connectivity index is 2.09. The number of thioether (sulfide) groups is 1. The highest BCUT2D eigenvalue weighted by Gasteiger charge is 2.30. The minimum atomic E-state index is -4.31. The van der Waals surface area contributed by atoms with E-state index in [0.29, 0.717) is 22.0 Å². The molecule has 0 amide bonds. The number of benzene rings is 2. The molecule has 2 aromatic carbocycles. The van der Waals surface area contributed by atoms with Gasteiger partial charge in [0.05, 0.1) is 16.3 Å². The van der Waals surface area contributed by atoms with Crippen molar-refractivity contribution in [1.29, 1.82) is 0 Å². The molecule has 0 aromatic heterocycles. The van der Waals surface area contributed by atoms with Crippen LogP contribution in [0.5, 0.6) is 0 Å². The largest absolute Gasteiger partial charge is 0.416 e. The fraction of sp³-hybridized carbons (Fsp3) is 0.143. The van der Waals surface area contributed by atoms with Gasteiger partial charge in [0.15, 0.2) is 0 Å². The molecule has 0 aliphatic carbocycles. The van der Waals surface area contributed by atoms with Crippen LogP contribution in [0.3, 0.4) is 0 Å². The third kappa shape index (κ3) is 3.84. The van der Waals surface area contributed by atoms with Crippen molar-refractivity contribution in [3.8, 4) is 0 Å². The van der Waals surface area contributed by atoms with E-state index < -0.39 is 11.7 Å². The molecule has 2 N–H and O–H groups in total. The maximum absolute atomic E-state index is 12.6. The molecule has 0 saturated carbocycles. The van der Waals surface area contributed by atoms with Gasteiger partial charge in [0.2, 0.25) is 0 Å². The van der Waals surface area contributed by atoms with E-state index in [1.54, 1.807) is 24.3 Å². The van der Waals surface area contributed by atoms with Gasteiger partial charge in [-0.25, -0.2) is 0 Å². The van der Waals surface area contributed by atoms with Crippen molar-refractivity contribution in [2.24, 2.45) is 0 Å². The molecule has 106 valence electrons. The summed E-state index contributed by atoms with van der Waals surface area (Å²) in [6.45, 7) is 0. The van der Waals surface area contributed by atoms with Gasteiger partial charge in [-0.3, -0.25) is 0 Å². The van der Waals surface area contributed by atoms with Crippen molar-refractivity contribution in [1.82, 2.24) is 0 Å². The van der Waals surface area contributed by atoms with Crippen molar-refractivity contribution >= 4 is 29.1 Å². The summed E-state index contributed by atoms with van der Waals surface area (Å²) in [6, 6.07) is 10.5. The summed E-state index contributed by atoms with van der Waals surface area (Å²) in [4.78, 5) is 0.863. The number of rotatable bonds is 3.